The van der Waals surface area contributed by atoms with Crippen molar-refractivity contribution in [1.29, 1.82) is 0 Å². The van der Waals surface area contributed by atoms with Crippen molar-refractivity contribution in [3.63, 3.8) is 0 Å². The van der Waals surface area contributed by atoms with E-state index >= 15 is 0 Å². The maximum atomic E-state index is 13.9. The Hall–Kier alpha value is -2.88. The van der Waals surface area contributed by atoms with Gasteiger partial charge in [-0.1, -0.05) is 53.6 Å². The van der Waals surface area contributed by atoms with E-state index in [-0.39, 0.29) is 11.2 Å². The Morgan fingerprint density at radius 3 is 1.60 bits per heavy atom. The fourth-order valence-electron chi connectivity index (χ4n) is 3.95. The van der Waals surface area contributed by atoms with Gasteiger partial charge in [-0.05, 0) is 72.6 Å². The van der Waals surface area contributed by atoms with E-state index in [1.54, 1.807) is 4.57 Å². The van der Waals surface area contributed by atoms with E-state index < -0.39 is 11.1 Å². The zero-order valence-electron chi connectivity index (χ0n) is 19.3. The van der Waals surface area contributed by atoms with Crippen LogP contribution in [0.5, 0.6) is 0 Å². The first-order valence-corrected chi connectivity index (χ1v) is 10.4. The maximum Gasteiger partial charge on any atom is 0.332 e. The summed E-state index contributed by atoms with van der Waals surface area (Å²) in [6, 6.07) is 15.9. The fraction of sp³-hybridized carbons (Fsp3) is 0.385. The standard InChI is InChI=1S/C26H32N2O2/c1-17-11-9-13-19(15-17)21-22(20-14-10-12-18(2)16-20)27(25(3,4)5)24(30)28(23(21)29)26(6,7)8/h9-16H,1-8H3. The Balaban J connectivity index is 2.66. The van der Waals surface area contributed by atoms with E-state index in [0.29, 0.717) is 11.3 Å². The molecule has 158 valence electrons. The molecule has 0 fully saturated rings. The van der Waals surface area contributed by atoms with Gasteiger partial charge in [-0.25, -0.2) is 4.79 Å². The summed E-state index contributed by atoms with van der Waals surface area (Å²) >= 11 is 0. The minimum absolute atomic E-state index is 0.255. The van der Waals surface area contributed by atoms with E-state index in [4.69, 9.17) is 0 Å². The first-order valence-electron chi connectivity index (χ1n) is 10.4. The van der Waals surface area contributed by atoms with Gasteiger partial charge in [-0.15, -0.1) is 0 Å². The second-order valence-electron chi connectivity index (χ2n) is 10.1. The third-order valence-electron chi connectivity index (χ3n) is 5.20. The summed E-state index contributed by atoms with van der Waals surface area (Å²) in [5.74, 6) is 0. The van der Waals surface area contributed by atoms with Crippen molar-refractivity contribution in [2.45, 2.75) is 66.5 Å². The molecule has 0 N–H and O–H groups in total. The monoisotopic (exact) mass is 404 g/mol. The van der Waals surface area contributed by atoms with Gasteiger partial charge in [0.2, 0.25) is 0 Å². The highest BCUT2D eigenvalue weighted by Gasteiger charge is 2.31. The van der Waals surface area contributed by atoms with Crippen molar-refractivity contribution < 1.29 is 0 Å². The Morgan fingerprint density at radius 2 is 1.13 bits per heavy atom. The van der Waals surface area contributed by atoms with Gasteiger partial charge in [-0.3, -0.25) is 13.9 Å². The van der Waals surface area contributed by atoms with Gasteiger partial charge in [0.15, 0.2) is 0 Å². The highest BCUT2D eigenvalue weighted by molar-refractivity contribution is 5.81. The van der Waals surface area contributed by atoms with E-state index in [9.17, 15) is 9.59 Å². The quantitative estimate of drug-likeness (QED) is 0.568. The molecule has 0 unspecified atom stereocenters. The van der Waals surface area contributed by atoms with Crippen molar-refractivity contribution in [3.05, 3.63) is 80.5 Å². The molecule has 0 spiro atoms. The molecule has 1 heterocycles. The summed E-state index contributed by atoms with van der Waals surface area (Å²) in [5.41, 5.74) is 3.38. The molecule has 0 bridgehead atoms. The normalized spacial score (nSPS) is 12.3. The van der Waals surface area contributed by atoms with E-state index in [1.807, 2.05) is 104 Å². The molecule has 3 rings (SSSR count). The van der Waals surface area contributed by atoms with Crippen LogP contribution < -0.4 is 11.2 Å². The Labute approximate surface area is 178 Å². The molecule has 30 heavy (non-hydrogen) atoms. The molecule has 0 saturated carbocycles. The molecular weight excluding hydrogens is 372 g/mol. The number of hydrogen-bond acceptors (Lipinski definition) is 2. The Morgan fingerprint density at radius 1 is 0.667 bits per heavy atom. The van der Waals surface area contributed by atoms with Gasteiger partial charge < -0.3 is 0 Å². The highest BCUT2D eigenvalue weighted by Crippen LogP contribution is 2.33. The van der Waals surface area contributed by atoms with Crippen molar-refractivity contribution in [2.75, 3.05) is 0 Å². The molecule has 0 amide bonds. The predicted octanol–water partition coefficient (Wildman–Crippen LogP) is 5.47. The minimum Gasteiger partial charge on any atom is -0.287 e. The molecule has 0 atom stereocenters. The van der Waals surface area contributed by atoms with Gasteiger partial charge in [-0.2, -0.15) is 0 Å². The van der Waals surface area contributed by atoms with Crippen molar-refractivity contribution in [2.24, 2.45) is 0 Å². The zero-order chi connectivity index (χ0) is 22.4. The topological polar surface area (TPSA) is 44.0 Å². The van der Waals surface area contributed by atoms with Crippen LogP contribution in [0.4, 0.5) is 0 Å². The smallest absolute Gasteiger partial charge is 0.287 e. The van der Waals surface area contributed by atoms with Crippen LogP contribution in [0.15, 0.2) is 58.1 Å². The Bertz CT molecular complexity index is 1220. The van der Waals surface area contributed by atoms with Crippen LogP contribution in [-0.2, 0) is 11.1 Å². The summed E-state index contributed by atoms with van der Waals surface area (Å²) in [7, 11) is 0. The van der Waals surface area contributed by atoms with E-state index in [1.165, 1.54) is 4.57 Å². The van der Waals surface area contributed by atoms with Gasteiger partial charge in [0, 0.05) is 11.1 Å². The van der Waals surface area contributed by atoms with Crippen LogP contribution in [-0.4, -0.2) is 9.13 Å². The van der Waals surface area contributed by atoms with Crippen molar-refractivity contribution in [1.82, 2.24) is 9.13 Å². The summed E-state index contributed by atoms with van der Waals surface area (Å²) in [6.07, 6.45) is 0. The summed E-state index contributed by atoms with van der Waals surface area (Å²) in [5, 5.41) is 0. The molecule has 0 aliphatic heterocycles. The first kappa shape index (κ1) is 21.8. The van der Waals surface area contributed by atoms with E-state index in [2.05, 4.69) is 0 Å². The van der Waals surface area contributed by atoms with Gasteiger partial charge in [0.25, 0.3) is 5.56 Å². The van der Waals surface area contributed by atoms with Crippen molar-refractivity contribution >= 4 is 0 Å². The van der Waals surface area contributed by atoms with Gasteiger partial charge >= 0.3 is 5.69 Å². The SMILES string of the molecule is Cc1cccc(-c2c(-c3cccc(C)c3)n(C(C)(C)C)c(=O)n(C(C)(C)C)c2=O)c1. The molecule has 0 aliphatic carbocycles. The molecule has 4 nitrogen and oxygen atoms in total. The van der Waals surface area contributed by atoms with Crippen LogP contribution in [0, 0.1) is 13.8 Å². The van der Waals surface area contributed by atoms with Crippen LogP contribution in [0.2, 0.25) is 0 Å². The van der Waals surface area contributed by atoms with Crippen LogP contribution in [0.25, 0.3) is 22.4 Å². The molecule has 4 heteroatoms. The molecule has 0 radical (unpaired) electrons. The fourth-order valence-corrected chi connectivity index (χ4v) is 3.95. The molecule has 3 aromatic rings. The average Bonchev–Trinajstić information content (AvgIpc) is 2.58. The zero-order valence-corrected chi connectivity index (χ0v) is 19.3. The van der Waals surface area contributed by atoms with Crippen LogP contribution >= 0.6 is 0 Å². The average molecular weight is 405 g/mol. The lowest BCUT2D eigenvalue weighted by atomic mass is 9.95. The summed E-state index contributed by atoms with van der Waals surface area (Å²) in [4.78, 5) is 27.6. The summed E-state index contributed by atoms with van der Waals surface area (Å²) < 4.78 is 3.18. The molecule has 0 aliphatic rings. The lowest BCUT2D eigenvalue weighted by molar-refractivity contribution is 0.315. The lowest BCUT2D eigenvalue weighted by Gasteiger charge is -2.32. The van der Waals surface area contributed by atoms with E-state index in [0.717, 1.165) is 22.3 Å². The van der Waals surface area contributed by atoms with Crippen molar-refractivity contribution in [3.8, 4) is 22.4 Å². The lowest BCUT2D eigenvalue weighted by Crippen LogP contribution is -2.52. The molecule has 2 aromatic carbocycles. The number of nitrogens with zero attached hydrogens (tertiary/aromatic N) is 2. The third kappa shape index (κ3) is 3.91. The largest absolute Gasteiger partial charge is 0.332 e. The van der Waals surface area contributed by atoms with Gasteiger partial charge in [0.1, 0.15) is 0 Å². The van der Waals surface area contributed by atoms with Gasteiger partial charge in [0.05, 0.1) is 11.3 Å². The predicted molar refractivity (Wildman–Crippen MR) is 125 cm³/mol. The number of aromatic nitrogens is 2. The second kappa shape index (κ2) is 7.42. The highest BCUT2D eigenvalue weighted by atomic mass is 16.2. The molecule has 1 aromatic heterocycles. The third-order valence-corrected chi connectivity index (χ3v) is 5.20. The van der Waals surface area contributed by atoms with Crippen LogP contribution in [0.1, 0.15) is 52.7 Å². The second-order valence-corrected chi connectivity index (χ2v) is 10.1. The summed E-state index contributed by atoms with van der Waals surface area (Å²) in [6.45, 7) is 15.7. The number of hydrogen-bond donors (Lipinski definition) is 0. The molecule has 0 saturated heterocycles. The van der Waals surface area contributed by atoms with Crippen LogP contribution in [0.3, 0.4) is 0 Å². The number of aryl methyl sites for hydroxylation is 2. The Kier molecular flexibility index (Phi) is 5.40. The number of benzene rings is 2. The first-order chi connectivity index (χ1) is 13.8. The molecular formula is C26H32N2O2. The number of rotatable bonds is 2. The maximum absolute atomic E-state index is 13.9. The minimum atomic E-state index is -0.648.